The van der Waals surface area contributed by atoms with Crippen LogP contribution in [-0.4, -0.2) is 37.2 Å². The Balaban J connectivity index is 4.52. The van der Waals surface area contributed by atoms with Crippen molar-refractivity contribution >= 4 is 17.9 Å². The number of allylic oxidation sites excluding steroid dienone is 20. The number of hydrogen-bond acceptors (Lipinski definition) is 6. The SMILES string of the molecule is CC\C=C/C=C\C=C/C=C\CCCCCC(=O)OCC(COC(=O)CCCCCCC\C=C/C=C\C=C/C=C\C=C/CCC)OC(=O)CCCCCCC/C=C\CCCCCCCCC. The fraction of sp³-hybridized carbons (Fsp3) is 0.610. The van der Waals surface area contributed by atoms with Gasteiger partial charge in [0.15, 0.2) is 6.10 Å². The highest BCUT2D eigenvalue weighted by atomic mass is 16.6. The minimum atomic E-state index is -0.813. The first-order valence-electron chi connectivity index (χ1n) is 26.2. The van der Waals surface area contributed by atoms with E-state index >= 15 is 0 Å². The van der Waals surface area contributed by atoms with Gasteiger partial charge in [-0.15, -0.1) is 0 Å². The molecule has 0 aromatic heterocycles. The van der Waals surface area contributed by atoms with Crippen LogP contribution < -0.4 is 0 Å². The Morgan fingerprint density at radius 2 is 0.646 bits per heavy atom. The van der Waals surface area contributed by atoms with Crippen LogP contribution >= 0.6 is 0 Å². The monoisotopic (exact) mass is 899 g/mol. The zero-order valence-corrected chi connectivity index (χ0v) is 41.7. The number of unbranched alkanes of at least 4 members (excludes halogenated alkanes) is 21. The van der Waals surface area contributed by atoms with E-state index in [9.17, 15) is 14.4 Å². The van der Waals surface area contributed by atoms with Crippen molar-refractivity contribution in [2.75, 3.05) is 13.2 Å². The van der Waals surface area contributed by atoms with Gasteiger partial charge < -0.3 is 14.2 Å². The first kappa shape index (κ1) is 60.8. The summed E-state index contributed by atoms with van der Waals surface area (Å²) >= 11 is 0. The van der Waals surface area contributed by atoms with Crippen molar-refractivity contribution in [2.24, 2.45) is 0 Å². The van der Waals surface area contributed by atoms with E-state index in [-0.39, 0.29) is 31.1 Å². The molecule has 6 nitrogen and oxygen atoms in total. The van der Waals surface area contributed by atoms with Gasteiger partial charge >= 0.3 is 17.9 Å². The lowest BCUT2D eigenvalue weighted by atomic mass is 10.1. The van der Waals surface area contributed by atoms with Crippen molar-refractivity contribution in [3.8, 4) is 0 Å². The Bertz CT molecular complexity index is 1400. The highest BCUT2D eigenvalue weighted by Gasteiger charge is 2.19. The Morgan fingerprint density at radius 3 is 1.06 bits per heavy atom. The van der Waals surface area contributed by atoms with E-state index < -0.39 is 6.10 Å². The van der Waals surface area contributed by atoms with Crippen LogP contribution in [-0.2, 0) is 28.6 Å². The Kier molecular flexibility index (Phi) is 49.1. The second kappa shape index (κ2) is 52.4. The van der Waals surface area contributed by atoms with Gasteiger partial charge in [0.05, 0.1) is 0 Å². The van der Waals surface area contributed by atoms with Crippen molar-refractivity contribution < 1.29 is 28.6 Å². The highest BCUT2D eigenvalue weighted by Crippen LogP contribution is 2.13. The van der Waals surface area contributed by atoms with Crippen LogP contribution in [0.15, 0.2) is 122 Å². The molecule has 0 aliphatic rings. The molecule has 0 N–H and O–H groups in total. The topological polar surface area (TPSA) is 78.9 Å². The minimum absolute atomic E-state index is 0.111. The predicted molar refractivity (Wildman–Crippen MR) is 279 cm³/mol. The van der Waals surface area contributed by atoms with E-state index in [1.807, 2.05) is 72.9 Å². The summed E-state index contributed by atoms with van der Waals surface area (Å²) in [6.45, 7) is 6.33. The van der Waals surface area contributed by atoms with Gasteiger partial charge in [0.1, 0.15) is 13.2 Å². The Hall–Kier alpha value is -4.19. The normalized spacial score (nSPS) is 13.1. The second-order valence-corrected chi connectivity index (χ2v) is 16.9. The molecule has 0 spiro atoms. The lowest BCUT2D eigenvalue weighted by molar-refractivity contribution is -0.167. The lowest BCUT2D eigenvalue weighted by Crippen LogP contribution is -2.30. The molecule has 0 aliphatic heterocycles. The van der Waals surface area contributed by atoms with Crippen LogP contribution in [0.3, 0.4) is 0 Å². The van der Waals surface area contributed by atoms with Crippen LogP contribution in [0, 0.1) is 0 Å². The van der Waals surface area contributed by atoms with Gasteiger partial charge in [-0.2, -0.15) is 0 Å². The standard InChI is InChI=1S/C59H94O6/c1-4-7-10-13-16-19-22-25-27-29-30-32-34-37-40-43-46-49-52-58(61)64-55-56(54-63-57(60)51-48-45-42-39-36-33-24-21-18-15-12-9-6-3)65-59(62)53-50-47-44-41-38-35-31-28-26-23-20-17-14-11-8-5-2/h9-10,12-13,15-16,18-19,21-22,24-25,27-33,36,56H,4-8,11,14,17,20,23,26,34-35,37-55H2,1-3H3/b12-9-,13-10-,18-15-,19-16-,24-21-,25-22-,29-27-,31-28-,32-30-,36-33-. The van der Waals surface area contributed by atoms with Crippen molar-refractivity contribution in [1.82, 2.24) is 0 Å². The quantitative estimate of drug-likeness (QED) is 0.0199. The molecule has 1 unspecified atom stereocenters. The van der Waals surface area contributed by atoms with Crippen LogP contribution in [0.25, 0.3) is 0 Å². The molecular weight excluding hydrogens is 805 g/mol. The largest absolute Gasteiger partial charge is 0.462 e. The number of carbonyl (C=O) groups is 3. The molecule has 0 saturated carbocycles. The van der Waals surface area contributed by atoms with Gasteiger partial charge in [-0.05, 0) is 83.5 Å². The zero-order valence-electron chi connectivity index (χ0n) is 41.7. The molecule has 0 saturated heterocycles. The average molecular weight is 899 g/mol. The van der Waals surface area contributed by atoms with Crippen molar-refractivity contribution in [3.05, 3.63) is 122 Å². The van der Waals surface area contributed by atoms with E-state index in [2.05, 4.69) is 69.4 Å². The minimum Gasteiger partial charge on any atom is -0.462 e. The fourth-order valence-corrected chi connectivity index (χ4v) is 6.71. The van der Waals surface area contributed by atoms with E-state index in [1.54, 1.807) is 0 Å². The number of esters is 3. The summed E-state index contributed by atoms with van der Waals surface area (Å²) in [7, 11) is 0. The molecule has 65 heavy (non-hydrogen) atoms. The molecule has 1 atom stereocenters. The molecule has 0 fully saturated rings. The highest BCUT2D eigenvalue weighted by molar-refractivity contribution is 5.71. The molecule has 0 amide bonds. The summed E-state index contributed by atoms with van der Waals surface area (Å²) in [4.78, 5) is 38.0. The zero-order chi connectivity index (χ0) is 47.2. The Morgan fingerprint density at radius 1 is 0.323 bits per heavy atom. The first-order valence-corrected chi connectivity index (χ1v) is 26.2. The summed E-state index contributed by atoms with van der Waals surface area (Å²) in [6.07, 6.45) is 71.7. The van der Waals surface area contributed by atoms with E-state index in [0.717, 1.165) is 109 Å². The third-order valence-corrected chi connectivity index (χ3v) is 10.6. The van der Waals surface area contributed by atoms with E-state index in [1.165, 1.54) is 64.2 Å². The molecule has 0 heterocycles. The first-order chi connectivity index (χ1) is 32.0. The van der Waals surface area contributed by atoms with Crippen molar-refractivity contribution in [1.29, 1.82) is 0 Å². The lowest BCUT2D eigenvalue weighted by Gasteiger charge is -2.18. The maximum absolute atomic E-state index is 12.8. The maximum atomic E-state index is 12.8. The Labute approximate surface area is 399 Å². The van der Waals surface area contributed by atoms with Crippen LogP contribution in [0.4, 0.5) is 0 Å². The summed E-state index contributed by atoms with van der Waals surface area (Å²) < 4.78 is 16.7. The summed E-state index contributed by atoms with van der Waals surface area (Å²) in [5.74, 6) is -0.988. The molecule has 366 valence electrons. The number of ether oxygens (including phenoxy) is 3. The molecule has 0 aliphatic carbocycles. The van der Waals surface area contributed by atoms with Gasteiger partial charge in [-0.25, -0.2) is 0 Å². The maximum Gasteiger partial charge on any atom is 0.306 e. The van der Waals surface area contributed by atoms with Gasteiger partial charge in [-0.1, -0.05) is 232 Å². The molecule has 0 radical (unpaired) electrons. The number of hydrogen-bond donors (Lipinski definition) is 0. The number of rotatable bonds is 45. The fourth-order valence-electron chi connectivity index (χ4n) is 6.71. The van der Waals surface area contributed by atoms with Crippen LogP contribution in [0.5, 0.6) is 0 Å². The van der Waals surface area contributed by atoms with Crippen LogP contribution in [0.2, 0.25) is 0 Å². The average Bonchev–Trinajstić information content (AvgIpc) is 3.30. The van der Waals surface area contributed by atoms with Gasteiger partial charge in [-0.3, -0.25) is 14.4 Å². The predicted octanol–water partition coefficient (Wildman–Crippen LogP) is 17.3. The number of carbonyl (C=O) groups excluding carboxylic acids is 3. The molecule has 6 heteroatoms. The van der Waals surface area contributed by atoms with Crippen molar-refractivity contribution in [2.45, 2.75) is 219 Å². The molecule has 0 aromatic carbocycles. The molecule has 0 aromatic rings. The molecule has 0 bridgehead atoms. The third-order valence-electron chi connectivity index (χ3n) is 10.6. The summed E-state index contributed by atoms with van der Waals surface area (Å²) in [5.41, 5.74) is 0. The van der Waals surface area contributed by atoms with Crippen molar-refractivity contribution in [3.63, 3.8) is 0 Å². The molecule has 0 rings (SSSR count). The smallest absolute Gasteiger partial charge is 0.306 e. The van der Waals surface area contributed by atoms with Crippen LogP contribution in [0.1, 0.15) is 213 Å². The molecular formula is C59H94O6. The van der Waals surface area contributed by atoms with Gasteiger partial charge in [0.2, 0.25) is 0 Å². The summed E-state index contributed by atoms with van der Waals surface area (Å²) in [5, 5.41) is 0. The summed E-state index contributed by atoms with van der Waals surface area (Å²) in [6, 6.07) is 0. The second-order valence-electron chi connectivity index (χ2n) is 16.9. The van der Waals surface area contributed by atoms with E-state index in [0.29, 0.717) is 19.3 Å². The van der Waals surface area contributed by atoms with Gasteiger partial charge in [0.25, 0.3) is 0 Å². The third kappa shape index (κ3) is 50.7. The van der Waals surface area contributed by atoms with Gasteiger partial charge in [0, 0.05) is 19.3 Å². The van der Waals surface area contributed by atoms with E-state index in [4.69, 9.17) is 14.2 Å².